The molecule has 0 fully saturated rings. The lowest BCUT2D eigenvalue weighted by Crippen LogP contribution is -2.36. The fourth-order valence-electron chi connectivity index (χ4n) is 3.13. The molecule has 0 spiro atoms. The number of hydrogen-bond acceptors (Lipinski definition) is 6. The molecule has 26 heavy (non-hydrogen) atoms. The van der Waals surface area contributed by atoms with Gasteiger partial charge < -0.3 is 10.2 Å². The van der Waals surface area contributed by atoms with E-state index in [1.54, 1.807) is 18.5 Å². The summed E-state index contributed by atoms with van der Waals surface area (Å²) in [6.45, 7) is 2.61. The molecule has 1 N–H and O–H groups in total. The highest BCUT2D eigenvalue weighted by molar-refractivity contribution is 5.93. The Kier molecular flexibility index (Phi) is 4.55. The van der Waals surface area contributed by atoms with E-state index in [2.05, 4.69) is 25.6 Å². The van der Waals surface area contributed by atoms with Gasteiger partial charge in [0.05, 0.1) is 30.2 Å². The number of hydrogen-bond donors (Lipinski definition) is 1. The predicted molar refractivity (Wildman–Crippen MR) is 95.2 cm³/mol. The van der Waals surface area contributed by atoms with Crippen LogP contribution >= 0.6 is 0 Å². The van der Waals surface area contributed by atoms with E-state index < -0.39 is 0 Å². The highest BCUT2D eigenvalue weighted by atomic mass is 16.2. The molecule has 0 aliphatic carbocycles. The van der Waals surface area contributed by atoms with E-state index in [-0.39, 0.29) is 11.8 Å². The molecule has 3 aromatic heterocycles. The maximum Gasteiger partial charge on any atom is 0.255 e. The third kappa shape index (κ3) is 3.53. The van der Waals surface area contributed by atoms with E-state index in [9.17, 15) is 4.79 Å². The Labute approximate surface area is 150 Å². The summed E-state index contributed by atoms with van der Waals surface area (Å²) >= 11 is 0. The molecular formula is C18H19N7O. The van der Waals surface area contributed by atoms with Crippen LogP contribution in [0.1, 0.15) is 16.1 Å². The molecule has 8 heteroatoms. The van der Waals surface area contributed by atoms with Crippen molar-refractivity contribution in [2.45, 2.75) is 13.1 Å². The van der Waals surface area contributed by atoms with E-state index in [0.29, 0.717) is 25.2 Å². The van der Waals surface area contributed by atoms with Gasteiger partial charge in [-0.2, -0.15) is 15.3 Å². The first-order valence-electron chi connectivity index (χ1n) is 8.51. The van der Waals surface area contributed by atoms with E-state index in [1.165, 1.54) is 12.4 Å². The van der Waals surface area contributed by atoms with Crippen molar-refractivity contribution in [3.05, 3.63) is 66.4 Å². The first kappa shape index (κ1) is 16.2. The Balaban J connectivity index is 1.53. The Morgan fingerprint density at radius 2 is 2.08 bits per heavy atom. The molecule has 0 saturated heterocycles. The normalized spacial score (nSPS) is 16.6. The maximum atomic E-state index is 12.9. The van der Waals surface area contributed by atoms with Crippen LogP contribution in [-0.4, -0.2) is 48.9 Å². The molecule has 0 bridgehead atoms. The lowest BCUT2D eigenvalue weighted by Gasteiger charge is -2.24. The molecule has 0 aromatic carbocycles. The zero-order chi connectivity index (χ0) is 17.8. The van der Waals surface area contributed by atoms with Crippen molar-refractivity contribution in [1.82, 2.24) is 29.9 Å². The van der Waals surface area contributed by atoms with Crippen LogP contribution in [0.4, 0.5) is 5.82 Å². The van der Waals surface area contributed by atoms with Gasteiger partial charge in [-0.15, -0.1) is 0 Å². The monoisotopic (exact) mass is 349 g/mol. The molecule has 1 aliphatic rings. The highest BCUT2D eigenvalue weighted by Crippen LogP contribution is 2.18. The molecule has 132 valence electrons. The van der Waals surface area contributed by atoms with Crippen molar-refractivity contribution in [2.24, 2.45) is 5.92 Å². The van der Waals surface area contributed by atoms with Gasteiger partial charge in [-0.25, -0.2) is 4.98 Å². The first-order valence-corrected chi connectivity index (χ1v) is 8.51. The SMILES string of the molecule is O=C(c1ccnnc1)N1Cc2ccnn2CC(CNc2ccccn2)C1. The number of carbonyl (C=O) groups is 1. The van der Waals surface area contributed by atoms with Gasteiger partial charge in [0.15, 0.2) is 0 Å². The molecule has 1 atom stereocenters. The average molecular weight is 349 g/mol. The van der Waals surface area contributed by atoms with Crippen LogP contribution in [0.3, 0.4) is 0 Å². The van der Waals surface area contributed by atoms with E-state index in [0.717, 1.165) is 18.1 Å². The highest BCUT2D eigenvalue weighted by Gasteiger charge is 2.26. The number of rotatable bonds is 4. The quantitative estimate of drug-likeness (QED) is 0.767. The van der Waals surface area contributed by atoms with Crippen molar-refractivity contribution in [1.29, 1.82) is 0 Å². The van der Waals surface area contributed by atoms with E-state index >= 15 is 0 Å². The molecular weight excluding hydrogens is 330 g/mol. The number of carbonyl (C=O) groups excluding carboxylic acids is 1. The summed E-state index contributed by atoms with van der Waals surface area (Å²) in [5, 5.41) is 15.3. The molecule has 0 radical (unpaired) electrons. The fourth-order valence-corrected chi connectivity index (χ4v) is 3.13. The van der Waals surface area contributed by atoms with Crippen LogP contribution in [0.15, 0.2) is 55.1 Å². The van der Waals surface area contributed by atoms with Crippen molar-refractivity contribution >= 4 is 11.7 Å². The molecule has 4 heterocycles. The number of nitrogens with one attached hydrogen (secondary N) is 1. The first-order chi connectivity index (χ1) is 12.8. The van der Waals surface area contributed by atoms with E-state index in [1.807, 2.05) is 33.8 Å². The zero-order valence-electron chi connectivity index (χ0n) is 14.2. The molecule has 3 aromatic rings. The summed E-state index contributed by atoms with van der Waals surface area (Å²) in [6, 6.07) is 9.41. The summed E-state index contributed by atoms with van der Waals surface area (Å²) in [4.78, 5) is 19.0. The van der Waals surface area contributed by atoms with Crippen LogP contribution in [0.25, 0.3) is 0 Å². The van der Waals surface area contributed by atoms with Gasteiger partial charge in [-0.05, 0) is 24.3 Å². The van der Waals surface area contributed by atoms with Crippen molar-refractivity contribution in [2.75, 3.05) is 18.4 Å². The number of pyridine rings is 1. The number of amides is 1. The van der Waals surface area contributed by atoms with Gasteiger partial charge in [0.1, 0.15) is 5.82 Å². The Hall–Kier alpha value is -3.29. The zero-order valence-corrected chi connectivity index (χ0v) is 14.2. The summed E-state index contributed by atoms with van der Waals surface area (Å²) in [7, 11) is 0. The fraction of sp³-hybridized carbons (Fsp3) is 0.278. The van der Waals surface area contributed by atoms with Crippen LogP contribution in [0.2, 0.25) is 0 Å². The van der Waals surface area contributed by atoms with Gasteiger partial charge in [-0.3, -0.25) is 9.48 Å². The number of nitrogens with zero attached hydrogens (tertiary/aromatic N) is 6. The van der Waals surface area contributed by atoms with Gasteiger partial charge in [-0.1, -0.05) is 6.07 Å². The minimum absolute atomic E-state index is 0.0441. The second-order valence-electron chi connectivity index (χ2n) is 6.28. The predicted octanol–water partition coefficient (Wildman–Crippen LogP) is 1.45. The second-order valence-corrected chi connectivity index (χ2v) is 6.28. The minimum Gasteiger partial charge on any atom is -0.370 e. The second kappa shape index (κ2) is 7.30. The largest absolute Gasteiger partial charge is 0.370 e. The minimum atomic E-state index is -0.0441. The van der Waals surface area contributed by atoms with Crippen molar-refractivity contribution < 1.29 is 4.79 Å². The van der Waals surface area contributed by atoms with Crippen molar-refractivity contribution in [3.8, 4) is 0 Å². The van der Waals surface area contributed by atoms with Crippen LogP contribution in [0, 0.1) is 5.92 Å². The Bertz CT molecular complexity index is 866. The smallest absolute Gasteiger partial charge is 0.255 e. The Morgan fingerprint density at radius 3 is 2.88 bits per heavy atom. The van der Waals surface area contributed by atoms with Gasteiger partial charge >= 0.3 is 0 Å². The third-order valence-electron chi connectivity index (χ3n) is 4.42. The van der Waals surface area contributed by atoms with Gasteiger partial charge in [0.25, 0.3) is 5.91 Å². The summed E-state index contributed by atoms with van der Waals surface area (Å²) in [5.74, 6) is 0.989. The lowest BCUT2D eigenvalue weighted by atomic mass is 10.1. The summed E-state index contributed by atoms with van der Waals surface area (Å²) < 4.78 is 1.98. The summed E-state index contributed by atoms with van der Waals surface area (Å²) in [5.41, 5.74) is 1.57. The maximum absolute atomic E-state index is 12.9. The standard InChI is InChI=1S/C18H19N7O/c26-18(15-4-7-21-22-10-15)24-11-14(9-20-17-3-1-2-6-19-17)12-25-16(13-24)5-8-23-25/h1-8,10,14H,9,11-13H2,(H,19,20). The number of aromatic nitrogens is 5. The van der Waals surface area contributed by atoms with E-state index in [4.69, 9.17) is 0 Å². The topological polar surface area (TPSA) is 88.8 Å². The average Bonchev–Trinajstić information content (AvgIpc) is 3.05. The molecule has 1 aliphatic heterocycles. The number of fused-ring (bicyclic) bond motifs is 1. The van der Waals surface area contributed by atoms with Gasteiger partial charge in [0, 0.05) is 37.9 Å². The lowest BCUT2D eigenvalue weighted by molar-refractivity contribution is 0.0723. The number of anilines is 1. The van der Waals surface area contributed by atoms with Crippen LogP contribution < -0.4 is 5.32 Å². The molecule has 8 nitrogen and oxygen atoms in total. The van der Waals surface area contributed by atoms with Crippen molar-refractivity contribution in [3.63, 3.8) is 0 Å². The van der Waals surface area contributed by atoms with Crippen LogP contribution in [0.5, 0.6) is 0 Å². The molecule has 1 unspecified atom stereocenters. The molecule has 0 saturated carbocycles. The third-order valence-corrected chi connectivity index (χ3v) is 4.42. The summed E-state index contributed by atoms with van der Waals surface area (Å²) in [6.07, 6.45) is 6.58. The van der Waals surface area contributed by atoms with Crippen LogP contribution in [-0.2, 0) is 13.1 Å². The molecule has 1 amide bonds. The Morgan fingerprint density at radius 1 is 1.12 bits per heavy atom. The van der Waals surface area contributed by atoms with Gasteiger partial charge in [0.2, 0.25) is 0 Å². The molecule has 4 rings (SSSR count).